The number of carbonyl (C=O) groups excluding carboxylic acids is 2. The summed E-state index contributed by atoms with van der Waals surface area (Å²) in [5.41, 5.74) is 2.11. The van der Waals surface area contributed by atoms with Crippen LogP contribution in [-0.4, -0.2) is 17.0 Å². The minimum absolute atomic E-state index is 0.259. The zero-order chi connectivity index (χ0) is 22.5. The highest BCUT2D eigenvalue weighted by atomic mass is 35.5. The Hall–Kier alpha value is -3.06. The van der Waals surface area contributed by atoms with Gasteiger partial charge in [-0.1, -0.05) is 59.6 Å². The summed E-state index contributed by atoms with van der Waals surface area (Å²) in [6, 6.07) is 21.2. The molecule has 1 N–H and O–H groups in total. The lowest BCUT2D eigenvalue weighted by Crippen LogP contribution is -2.20. The van der Waals surface area contributed by atoms with Crippen molar-refractivity contribution in [2.75, 3.05) is 0 Å². The number of thioether (sulfide) groups is 1. The van der Waals surface area contributed by atoms with Crippen molar-refractivity contribution < 1.29 is 14.3 Å². The lowest BCUT2D eigenvalue weighted by Gasteiger charge is -2.08. The van der Waals surface area contributed by atoms with E-state index in [4.69, 9.17) is 27.9 Å². The number of amidine groups is 1. The third kappa shape index (κ3) is 5.59. The minimum atomic E-state index is -0.406. The maximum Gasteiger partial charge on any atom is 0.279 e. The number of rotatable bonds is 5. The lowest BCUT2D eigenvalue weighted by atomic mass is 10.2. The molecule has 1 aliphatic rings. The lowest BCUT2D eigenvalue weighted by molar-refractivity contribution is -0.115. The number of amides is 2. The van der Waals surface area contributed by atoms with Crippen LogP contribution in [0.3, 0.4) is 0 Å². The highest BCUT2D eigenvalue weighted by molar-refractivity contribution is 8.18. The predicted octanol–water partition coefficient (Wildman–Crippen LogP) is 5.97. The molecule has 5 nitrogen and oxygen atoms in total. The van der Waals surface area contributed by atoms with Crippen LogP contribution < -0.4 is 10.1 Å². The average Bonchev–Trinajstić information content (AvgIpc) is 3.13. The Kier molecular flexibility index (Phi) is 6.95. The van der Waals surface area contributed by atoms with E-state index < -0.39 is 5.91 Å². The second-order valence-electron chi connectivity index (χ2n) is 6.75. The Labute approximate surface area is 199 Å². The average molecular weight is 483 g/mol. The van der Waals surface area contributed by atoms with Crippen molar-refractivity contribution in [3.05, 3.63) is 104 Å². The Morgan fingerprint density at radius 3 is 2.50 bits per heavy atom. The highest BCUT2D eigenvalue weighted by Gasteiger charge is 2.24. The zero-order valence-electron chi connectivity index (χ0n) is 16.5. The van der Waals surface area contributed by atoms with Crippen LogP contribution in [0.25, 0.3) is 6.08 Å². The summed E-state index contributed by atoms with van der Waals surface area (Å²) >= 11 is 13.2. The molecule has 8 heteroatoms. The van der Waals surface area contributed by atoms with Crippen LogP contribution in [0.2, 0.25) is 10.0 Å². The molecule has 0 atom stereocenters. The van der Waals surface area contributed by atoms with Crippen molar-refractivity contribution in [1.29, 1.82) is 0 Å². The van der Waals surface area contributed by atoms with E-state index in [1.54, 1.807) is 42.5 Å². The molecule has 4 rings (SSSR count). The maximum absolute atomic E-state index is 12.3. The van der Waals surface area contributed by atoms with Gasteiger partial charge in [-0.15, -0.1) is 0 Å². The SMILES string of the molecule is O=C1NC(=NC(=O)c2ccccc2)S/C1=C\c1ccc(OCc2ccc(Cl)cc2Cl)cc1. The first-order valence-corrected chi connectivity index (χ1v) is 11.1. The number of nitrogens with one attached hydrogen (secondary N) is 1. The largest absolute Gasteiger partial charge is 0.489 e. The predicted molar refractivity (Wildman–Crippen MR) is 129 cm³/mol. The van der Waals surface area contributed by atoms with E-state index in [0.29, 0.717) is 32.9 Å². The number of carbonyl (C=O) groups is 2. The van der Waals surface area contributed by atoms with E-state index in [0.717, 1.165) is 22.9 Å². The van der Waals surface area contributed by atoms with Gasteiger partial charge in [-0.2, -0.15) is 4.99 Å². The number of aliphatic imine (C=N–C) groups is 1. The fraction of sp³-hybridized carbons (Fsp3) is 0.0417. The summed E-state index contributed by atoms with van der Waals surface area (Å²) in [6.07, 6.45) is 1.73. The van der Waals surface area contributed by atoms with Crippen LogP contribution in [0.5, 0.6) is 5.75 Å². The molecular formula is C24H16Cl2N2O3S. The molecule has 1 saturated heterocycles. The topological polar surface area (TPSA) is 67.8 Å². The number of hydrogen-bond donors (Lipinski definition) is 1. The standard InChI is InChI=1S/C24H16Cl2N2O3S/c25-18-9-8-17(20(26)13-18)14-31-19-10-6-15(7-11-19)12-21-23(30)28-24(32-21)27-22(29)16-4-2-1-3-5-16/h1-13H,14H2,(H,27,28,29,30)/b21-12-. The molecule has 1 aliphatic heterocycles. The number of halogens is 2. The van der Waals surface area contributed by atoms with E-state index in [2.05, 4.69) is 10.3 Å². The molecule has 0 radical (unpaired) electrons. The number of nitrogens with zero attached hydrogens (tertiary/aromatic N) is 1. The summed E-state index contributed by atoms with van der Waals surface area (Å²) < 4.78 is 5.77. The van der Waals surface area contributed by atoms with E-state index in [9.17, 15) is 9.59 Å². The summed E-state index contributed by atoms with van der Waals surface area (Å²) in [7, 11) is 0. The third-order valence-electron chi connectivity index (χ3n) is 4.46. The third-order valence-corrected chi connectivity index (χ3v) is 5.96. The second-order valence-corrected chi connectivity index (χ2v) is 8.62. The van der Waals surface area contributed by atoms with Crippen molar-refractivity contribution in [3.63, 3.8) is 0 Å². The van der Waals surface area contributed by atoms with Crippen molar-refractivity contribution in [3.8, 4) is 5.75 Å². The molecule has 0 unspecified atom stereocenters. The highest BCUT2D eigenvalue weighted by Crippen LogP contribution is 2.27. The van der Waals surface area contributed by atoms with Crippen LogP contribution in [0, 0.1) is 0 Å². The first-order valence-electron chi connectivity index (χ1n) is 9.54. The van der Waals surface area contributed by atoms with Crippen LogP contribution in [-0.2, 0) is 11.4 Å². The van der Waals surface area contributed by atoms with E-state index in [1.165, 1.54) is 0 Å². The van der Waals surface area contributed by atoms with Gasteiger partial charge in [-0.05, 0) is 59.8 Å². The van der Waals surface area contributed by atoms with Crippen molar-refractivity contribution in [2.24, 2.45) is 4.99 Å². The molecule has 1 heterocycles. The first kappa shape index (κ1) is 22.1. The van der Waals surface area contributed by atoms with Gasteiger partial charge in [0, 0.05) is 21.2 Å². The van der Waals surface area contributed by atoms with Gasteiger partial charge in [0.25, 0.3) is 11.8 Å². The Bertz CT molecular complexity index is 1230. The monoisotopic (exact) mass is 482 g/mol. The van der Waals surface area contributed by atoms with Crippen LogP contribution in [0.4, 0.5) is 0 Å². The van der Waals surface area contributed by atoms with E-state index in [1.807, 2.05) is 36.4 Å². The zero-order valence-corrected chi connectivity index (χ0v) is 18.9. The summed E-state index contributed by atoms with van der Waals surface area (Å²) in [4.78, 5) is 28.9. The fourth-order valence-corrected chi connectivity index (χ4v) is 4.11. The van der Waals surface area contributed by atoms with Crippen molar-refractivity contribution in [1.82, 2.24) is 5.32 Å². The first-order chi connectivity index (χ1) is 15.5. The van der Waals surface area contributed by atoms with Gasteiger partial charge in [0.05, 0.1) is 4.91 Å². The normalized spacial score (nSPS) is 15.8. The molecule has 3 aromatic rings. The second kappa shape index (κ2) is 10.0. The molecule has 160 valence electrons. The Balaban J connectivity index is 1.40. The van der Waals surface area contributed by atoms with E-state index >= 15 is 0 Å². The summed E-state index contributed by atoms with van der Waals surface area (Å²) in [5, 5.41) is 4.00. The Morgan fingerprint density at radius 2 is 1.78 bits per heavy atom. The van der Waals surface area contributed by atoms with Crippen LogP contribution >= 0.6 is 35.0 Å². The fourth-order valence-electron chi connectivity index (χ4n) is 2.83. The van der Waals surface area contributed by atoms with Crippen molar-refractivity contribution >= 4 is 58.0 Å². The van der Waals surface area contributed by atoms with Gasteiger partial charge in [0.1, 0.15) is 12.4 Å². The van der Waals surface area contributed by atoms with E-state index in [-0.39, 0.29) is 11.1 Å². The maximum atomic E-state index is 12.3. The summed E-state index contributed by atoms with van der Waals surface area (Å²) in [6.45, 7) is 0.309. The van der Waals surface area contributed by atoms with Gasteiger partial charge in [0.2, 0.25) is 0 Å². The molecule has 0 aromatic heterocycles. The molecule has 3 aromatic carbocycles. The molecule has 0 aliphatic carbocycles. The smallest absolute Gasteiger partial charge is 0.279 e. The van der Waals surface area contributed by atoms with Crippen LogP contribution in [0.1, 0.15) is 21.5 Å². The molecule has 1 fully saturated rings. The number of hydrogen-bond acceptors (Lipinski definition) is 4. The molecule has 0 bridgehead atoms. The van der Waals surface area contributed by atoms with Gasteiger partial charge < -0.3 is 10.1 Å². The van der Waals surface area contributed by atoms with Gasteiger partial charge in [-0.3, -0.25) is 9.59 Å². The quantitative estimate of drug-likeness (QED) is 0.454. The molecular weight excluding hydrogens is 467 g/mol. The van der Waals surface area contributed by atoms with Gasteiger partial charge >= 0.3 is 0 Å². The summed E-state index contributed by atoms with van der Waals surface area (Å²) in [5.74, 6) is -0.0401. The van der Waals surface area contributed by atoms with Crippen molar-refractivity contribution in [2.45, 2.75) is 6.61 Å². The Morgan fingerprint density at radius 1 is 1.03 bits per heavy atom. The minimum Gasteiger partial charge on any atom is -0.489 e. The number of ether oxygens (including phenoxy) is 1. The molecule has 0 saturated carbocycles. The molecule has 32 heavy (non-hydrogen) atoms. The molecule has 0 spiro atoms. The van der Waals surface area contributed by atoms with Gasteiger partial charge in [0.15, 0.2) is 5.17 Å². The van der Waals surface area contributed by atoms with Gasteiger partial charge in [-0.25, -0.2) is 0 Å². The number of benzene rings is 3. The van der Waals surface area contributed by atoms with Crippen LogP contribution in [0.15, 0.2) is 82.7 Å². The molecule has 2 amide bonds.